The van der Waals surface area contributed by atoms with Crippen molar-refractivity contribution in [2.45, 2.75) is 0 Å². The van der Waals surface area contributed by atoms with E-state index >= 15 is 0 Å². The number of nitrogens with two attached hydrogens (primary N) is 1. The van der Waals surface area contributed by atoms with Crippen molar-refractivity contribution in [3.8, 4) is 0 Å². The highest BCUT2D eigenvalue weighted by atomic mass is 35.5. The number of hydrogen-bond donors (Lipinski definition) is 2. The standard InChI is InChI=1S/C5H6N2O.ClH/c6-5-3-4(8)1-2-7-5;/h1-3H,(H3,6,7,8);1H. The fraction of sp³-hybridized carbons (Fsp3) is 0. The molecule has 0 bridgehead atoms. The molecule has 0 aliphatic heterocycles. The van der Waals surface area contributed by atoms with Crippen LogP contribution in [0.5, 0.6) is 0 Å². The molecule has 0 amide bonds. The zero-order valence-corrected chi connectivity index (χ0v) is 5.44. The minimum absolute atomic E-state index is 0. The van der Waals surface area contributed by atoms with Crippen LogP contribution in [0.4, 0.5) is 5.82 Å². The Labute approximate surface area is 58.3 Å². The molecule has 50 valence electrons. The van der Waals surface area contributed by atoms with Gasteiger partial charge >= 0.3 is 0 Å². The van der Waals surface area contributed by atoms with E-state index in [-0.39, 0.29) is 17.8 Å². The molecule has 4 heteroatoms. The van der Waals surface area contributed by atoms with Crippen molar-refractivity contribution in [2.75, 3.05) is 5.73 Å². The normalized spacial score (nSPS) is 8.00. The summed E-state index contributed by atoms with van der Waals surface area (Å²) in [6.45, 7) is 0. The van der Waals surface area contributed by atoms with Crippen LogP contribution in [-0.4, -0.2) is 4.98 Å². The Hall–Kier alpha value is -0.960. The predicted molar refractivity (Wildman–Crippen MR) is 38.7 cm³/mol. The molecule has 0 aromatic carbocycles. The van der Waals surface area contributed by atoms with Crippen molar-refractivity contribution in [1.29, 1.82) is 0 Å². The van der Waals surface area contributed by atoms with Crippen molar-refractivity contribution in [3.63, 3.8) is 0 Å². The second-order valence-corrected chi connectivity index (χ2v) is 1.48. The molecule has 1 heterocycles. The van der Waals surface area contributed by atoms with Gasteiger partial charge in [0.2, 0.25) is 0 Å². The summed E-state index contributed by atoms with van der Waals surface area (Å²) in [4.78, 5) is 13.0. The topological polar surface area (TPSA) is 58.9 Å². The molecule has 1 rings (SSSR count). The number of pyridine rings is 1. The van der Waals surface area contributed by atoms with E-state index in [1.54, 1.807) is 0 Å². The minimum Gasteiger partial charge on any atom is -0.385 e. The van der Waals surface area contributed by atoms with E-state index in [4.69, 9.17) is 5.73 Å². The van der Waals surface area contributed by atoms with Gasteiger partial charge in [-0.2, -0.15) is 0 Å². The Morgan fingerprint density at radius 1 is 1.56 bits per heavy atom. The van der Waals surface area contributed by atoms with Crippen LogP contribution in [0.15, 0.2) is 23.1 Å². The SMILES string of the molecule is Cl.Nc1cc(=O)cc[nH]1. The molecular formula is C5H7ClN2O. The Morgan fingerprint density at radius 3 is 2.56 bits per heavy atom. The van der Waals surface area contributed by atoms with Gasteiger partial charge in [0.25, 0.3) is 0 Å². The lowest BCUT2D eigenvalue weighted by Crippen LogP contribution is -1.99. The first-order valence-electron chi connectivity index (χ1n) is 2.23. The number of aromatic nitrogens is 1. The molecule has 0 unspecified atom stereocenters. The smallest absolute Gasteiger partial charge is 0.183 e. The number of halogens is 1. The van der Waals surface area contributed by atoms with Crippen LogP contribution in [0.3, 0.4) is 0 Å². The van der Waals surface area contributed by atoms with E-state index in [1.165, 1.54) is 18.3 Å². The third-order valence-electron chi connectivity index (χ3n) is 0.795. The highest BCUT2D eigenvalue weighted by Gasteiger charge is 1.80. The van der Waals surface area contributed by atoms with Crippen LogP contribution in [0.25, 0.3) is 0 Å². The summed E-state index contributed by atoms with van der Waals surface area (Å²) < 4.78 is 0. The summed E-state index contributed by atoms with van der Waals surface area (Å²) in [6, 6.07) is 2.75. The molecule has 0 spiro atoms. The molecule has 1 aromatic heterocycles. The molecule has 0 saturated carbocycles. The first kappa shape index (κ1) is 8.04. The van der Waals surface area contributed by atoms with Gasteiger partial charge in [-0.05, 0) is 0 Å². The number of hydrogen-bond acceptors (Lipinski definition) is 2. The van der Waals surface area contributed by atoms with Crippen molar-refractivity contribution in [2.24, 2.45) is 0 Å². The van der Waals surface area contributed by atoms with Gasteiger partial charge in [-0.15, -0.1) is 12.4 Å². The number of nitrogen functional groups attached to an aromatic ring is 1. The van der Waals surface area contributed by atoms with Crippen LogP contribution in [0, 0.1) is 0 Å². The van der Waals surface area contributed by atoms with Gasteiger partial charge in [0.15, 0.2) is 5.43 Å². The van der Waals surface area contributed by atoms with E-state index < -0.39 is 0 Å². The number of aromatic amines is 1. The molecule has 0 fully saturated rings. The van der Waals surface area contributed by atoms with Gasteiger partial charge in [-0.1, -0.05) is 0 Å². The van der Waals surface area contributed by atoms with Crippen molar-refractivity contribution in [3.05, 3.63) is 28.6 Å². The Kier molecular flexibility index (Phi) is 2.81. The zero-order chi connectivity index (χ0) is 5.98. The summed E-state index contributed by atoms with van der Waals surface area (Å²) in [6.07, 6.45) is 1.51. The average Bonchev–Trinajstić information content (AvgIpc) is 1.64. The molecule has 0 radical (unpaired) electrons. The summed E-state index contributed by atoms with van der Waals surface area (Å²) >= 11 is 0. The van der Waals surface area contributed by atoms with E-state index in [2.05, 4.69) is 4.98 Å². The Balaban J connectivity index is 0.000000640. The predicted octanol–water partition coefficient (Wildman–Crippen LogP) is 0.379. The Morgan fingerprint density at radius 2 is 2.22 bits per heavy atom. The lowest BCUT2D eigenvalue weighted by atomic mass is 10.5. The monoisotopic (exact) mass is 146 g/mol. The maximum absolute atomic E-state index is 10.4. The summed E-state index contributed by atoms with van der Waals surface area (Å²) in [5.41, 5.74) is 5.13. The third kappa shape index (κ3) is 2.19. The highest BCUT2D eigenvalue weighted by molar-refractivity contribution is 5.85. The lowest BCUT2D eigenvalue weighted by Gasteiger charge is -1.85. The summed E-state index contributed by atoms with van der Waals surface area (Å²) in [5, 5.41) is 0. The number of rotatable bonds is 0. The van der Waals surface area contributed by atoms with Gasteiger partial charge in [-0.3, -0.25) is 4.79 Å². The third-order valence-corrected chi connectivity index (χ3v) is 0.795. The fourth-order valence-electron chi connectivity index (χ4n) is 0.463. The van der Waals surface area contributed by atoms with Gasteiger partial charge in [0.05, 0.1) is 0 Å². The maximum atomic E-state index is 10.4. The second-order valence-electron chi connectivity index (χ2n) is 1.48. The van der Waals surface area contributed by atoms with Crippen LogP contribution in [-0.2, 0) is 0 Å². The first-order chi connectivity index (χ1) is 3.79. The molecule has 3 nitrogen and oxygen atoms in total. The fourth-order valence-corrected chi connectivity index (χ4v) is 0.463. The highest BCUT2D eigenvalue weighted by Crippen LogP contribution is 1.83. The number of H-pyrrole nitrogens is 1. The zero-order valence-electron chi connectivity index (χ0n) is 4.63. The lowest BCUT2D eigenvalue weighted by molar-refractivity contribution is 1.31. The van der Waals surface area contributed by atoms with Crippen molar-refractivity contribution < 1.29 is 0 Å². The van der Waals surface area contributed by atoms with Crippen molar-refractivity contribution >= 4 is 18.2 Å². The van der Waals surface area contributed by atoms with E-state index in [1.807, 2.05) is 0 Å². The molecule has 0 aliphatic carbocycles. The first-order valence-corrected chi connectivity index (χ1v) is 2.23. The molecule has 1 aromatic rings. The Bertz CT molecular complexity index is 232. The molecule has 3 N–H and O–H groups in total. The quantitative estimate of drug-likeness (QED) is 0.556. The number of nitrogens with one attached hydrogen (secondary N) is 1. The average molecular weight is 147 g/mol. The second kappa shape index (κ2) is 3.14. The number of anilines is 1. The molecule has 0 atom stereocenters. The van der Waals surface area contributed by atoms with Gasteiger partial charge < -0.3 is 10.7 Å². The van der Waals surface area contributed by atoms with E-state index in [9.17, 15) is 4.79 Å². The van der Waals surface area contributed by atoms with E-state index in [0.717, 1.165) is 0 Å². The molecule has 0 saturated heterocycles. The largest absolute Gasteiger partial charge is 0.385 e. The van der Waals surface area contributed by atoms with E-state index in [0.29, 0.717) is 5.82 Å². The summed E-state index contributed by atoms with van der Waals surface area (Å²) in [7, 11) is 0. The molecular weight excluding hydrogens is 140 g/mol. The minimum atomic E-state index is -0.0683. The van der Waals surface area contributed by atoms with Gasteiger partial charge in [0.1, 0.15) is 5.82 Å². The van der Waals surface area contributed by atoms with Crippen LogP contribution in [0.2, 0.25) is 0 Å². The van der Waals surface area contributed by atoms with Crippen LogP contribution >= 0.6 is 12.4 Å². The van der Waals surface area contributed by atoms with Gasteiger partial charge in [-0.25, -0.2) is 0 Å². The van der Waals surface area contributed by atoms with Crippen molar-refractivity contribution in [1.82, 2.24) is 4.98 Å². The van der Waals surface area contributed by atoms with Crippen LogP contribution < -0.4 is 11.2 Å². The van der Waals surface area contributed by atoms with Crippen LogP contribution in [0.1, 0.15) is 0 Å². The summed E-state index contributed by atoms with van der Waals surface area (Å²) in [5.74, 6) is 0.400. The molecule has 9 heavy (non-hydrogen) atoms. The van der Waals surface area contributed by atoms with Gasteiger partial charge in [0, 0.05) is 18.3 Å². The molecule has 0 aliphatic rings. The maximum Gasteiger partial charge on any atom is 0.183 e.